The van der Waals surface area contributed by atoms with Crippen LogP contribution in [0.4, 0.5) is 0 Å². The molecule has 0 aliphatic heterocycles. The summed E-state index contributed by atoms with van der Waals surface area (Å²) in [5.41, 5.74) is 0. The first-order valence-electron chi connectivity index (χ1n) is 5.44. The van der Waals surface area contributed by atoms with Crippen molar-refractivity contribution in [3.05, 3.63) is 0 Å². The zero-order chi connectivity index (χ0) is 13.6. The molecule has 2 unspecified atom stereocenters. The molecule has 2 atom stereocenters. The summed E-state index contributed by atoms with van der Waals surface area (Å²) in [7, 11) is -3.42. The lowest BCUT2D eigenvalue weighted by Gasteiger charge is -2.21. The van der Waals surface area contributed by atoms with Gasteiger partial charge in [-0.05, 0) is 12.3 Å². The molecule has 0 fully saturated rings. The first kappa shape index (κ1) is 16.1. The van der Waals surface area contributed by atoms with E-state index in [2.05, 4.69) is 0 Å². The Kier molecular flexibility index (Phi) is 6.42. The molecule has 0 rings (SSSR count). The molecule has 0 radical (unpaired) electrons. The number of hydrogen-bond acceptors (Lipinski definition) is 3. The topological polar surface area (TPSA) is 112 Å². The van der Waals surface area contributed by atoms with Crippen LogP contribution in [0.1, 0.15) is 26.2 Å². The predicted molar refractivity (Wildman–Crippen MR) is 62.4 cm³/mol. The van der Waals surface area contributed by atoms with E-state index in [9.17, 15) is 19.0 Å². The highest BCUT2D eigenvalue weighted by atomic mass is 31.2. The second-order valence-electron chi connectivity index (χ2n) is 4.29. The summed E-state index contributed by atoms with van der Waals surface area (Å²) in [5, 5.41) is 17.7. The largest absolute Gasteiger partial charge is 0.481 e. The Labute approximate surface area is 100 Å². The molecule has 0 amide bonds. The van der Waals surface area contributed by atoms with Gasteiger partial charge in [-0.15, -0.1) is 0 Å². The van der Waals surface area contributed by atoms with Crippen LogP contribution < -0.4 is 0 Å². The summed E-state index contributed by atoms with van der Waals surface area (Å²) in [4.78, 5) is 31.0. The molecule has 0 saturated carbocycles. The molecular weight excluding hydrogens is 247 g/mol. The third kappa shape index (κ3) is 6.44. The number of carbonyl (C=O) groups is 2. The molecule has 0 aliphatic rings. The van der Waals surface area contributed by atoms with Gasteiger partial charge < -0.3 is 15.1 Å². The van der Waals surface area contributed by atoms with E-state index in [1.165, 1.54) is 0 Å². The Balaban J connectivity index is 4.92. The molecule has 17 heavy (non-hydrogen) atoms. The van der Waals surface area contributed by atoms with E-state index in [1.54, 1.807) is 0 Å². The SMILES string of the molecule is CCCCC(CP(C)(=O)O)C(C(=O)O)C(=O)O. The Morgan fingerprint density at radius 1 is 1.24 bits per heavy atom. The molecule has 0 aromatic rings. The molecule has 0 bridgehead atoms. The summed E-state index contributed by atoms with van der Waals surface area (Å²) in [6.07, 6.45) is 1.48. The van der Waals surface area contributed by atoms with Crippen LogP contribution in [0.5, 0.6) is 0 Å². The van der Waals surface area contributed by atoms with Gasteiger partial charge in [-0.1, -0.05) is 19.8 Å². The third-order valence-corrected chi connectivity index (χ3v) is 3.65. The minimum atomic E-state index is -3.42. The van der Waals surface area contributed by atoms with Crippen LogP contribution in [0.2, 0.25) is 0 Å². The van der Waals surface area contributed by atoms with Gasteiger partial charge in [0.2, 0.25) is 0 Å². The van der Waals surface area contributed by atoms with Crippen molar-refractivity contribution in [3.63, 3.8) is 0 Å². The minimum absolute atomic E-state index is 0.268. The Bertz CT molecular complexity index is 307. The highest BCUT2D eigenvalue weighted by Gasteiger charge is 2.37. The standard InChI is InChI=1S/C10H19O6P/c1-3-4-5-7(6-17(2,15)16)8(9(11)12)10(13)14/h7-8H,3-6H2,1-2H3,(H,11,12)(H,13,14)(H,15,16). The molecule has 0 aromatic heterocycles. The molecule has 0 heterocycles. The molecule has 0 saturated heterocycles. The van der Waals surface area contributed by atoms with Crippen molar-refractivity contribution < 1.29 is 29.3 Å². The van der Waals surface area contributed by atoms with Gasteiger partial charge in [0.15, 0.2) is 13.3 Å². The molecule has 0 aliphatic carbocycles. The van der Waals surface area contributed by atoms with Crippen LogP contribution in [-0.2, 0) is 14.2 Å². The van der Waals surface area contributed by atoms with Crippen molar-refractivity contribution in [3.8, 4) is 0 Å². The van der Waals surface area contributed by atoms with E-state index in [-0.39, 0.29) is 6.16 Å². The first-order chi connectivity index (χ1) is 7.69. The Morgan fingerprint density at radius 2 is 1.71 bits per heavy atom. The molecule has 3 N–H and O–H groups in total. The number of carboxylic acids is 2. The van der Waals surface area contributed by atoms with Crippen molar-refractivity contribution in [1.82, 2.24) is 0 Å². The Morgan fingerprint density at radius 3 is 2.00 bits per heavy atom. The lowest BCUT2D eigenvalue weighted by atomic mass is 9.89. The van der Waals surface area contributed by atoms with Crippen LogP contribution in [0.25, 0.3) is 0 Å². The summed E-state index contributed by atoms with van der Waals surface area (Å²) in [6, 6.07) is 0. The molecule has 100 valence electrons. The van der Waals surface area contributed by atoms with Crippen molar-refractivity contribution in [1.29, 1.82) is 0 Å². The van der Waals surface area contributed by atoms with E-state index in [4.69, 9.17) is 10.2 Å². The fourth-order valence-corrected chi connectivity index (χ4v) is 3.04. The van der Waals surface area contributed by atoms with E-state index in [0.29, 0.717) is 12.8 Å². The smallest absolute Gasteiger partial charge is 0.318 e. The number of unbranched alkanes of at least 4 members (excludes halogenated alkanes) is 1. The molecule has 6 nitrogen and oxygen atoms in total. The lowest BCUT2D eigenvalue weighted by molar-refractivity contribution is -0.157. The van der Waals surface area contributed by atoms with E-state index in [0.717, 1.165) is 13.1 Å². The summed E-state index contributed by atoms with van der Waals surface area (Å²) in [6.45, 7) is 3.00. The van der Waals surface area contributed by atoms with Gasteiger partial charge in [-0.2, -0.15) is 0 Å². The van der Waals surface area contributed by atoms with E-state index < -0.39 is 31.1 Å². The van der Waals surface area contributed by atoms with Crippen LogP contribution in [0.15, 0.2) is 0 Å². The minimum Gasteiger partial charge on any atom is -0.481 e. The highest BCUT2D eigenvalue weighted by molar-refractivity contribution is 7.57. The van der Waals surface area contributed by atoms with Crippen molar-refractivity contribution in [2.24, 2.45) is 11.8 Å². The molecule has 0 aromatic carbocycles. The molecule has 7 heteroatoms. The van der Waals surface area contributed by atoms with E-state index in [1.807, 2.05) is 6.92 Å². The quantitative estimate of drug-likeness (QED) is 0.453. The average Bonchev–Trinajstić information content (AvgIpc) is 2.10. The highest BCUT2D eigenvalue weighted by Crippen LogP contribution is 2.41. The van der Waals surface area contributed by atoms with Gasteiger partial charge in [0.05, 0.1) is 0 Å². The van der Waals surface area contributed by atoms with Gasteiger partial charge in [0.25, 0.3) is 0 Å². The summed E-state index contributed by atoms with van der Waals surface area (Å²) in [5.74, 6) is -5.31. The predicted octanol–water partition coefficient (Wildman–Crippen LogP) is 1.48. The summed E-state index contributed by atoms with van der Waals surface area (Å²) < 4.78 is 11.3. The van der Waals surface area contributed by atoms with Crippen molar-refractivity contribution >= 4 is 19.3 Å². The Hall–Kier alpha value is -0.870. The van der Waals surface area contributed by atoms with Gasteiger partial charge in [0.1, 0.15) is 0 Å². The van der Waals surface area contributed by atoms with Gasteiger partial charge >= 0.3 is 11.9 Å². The van der Waals surface area contributed by atoms with Crippen molar-refractivity contribution in [2.75, 3.05) is 12.8 Å². The first-order valence-corrected chi connectivity index (χ1v) is 7.73. The fourth-order valence-electron chi connectivity index (χ4n) is 1.77. The maximum Gasteiger partial charge on any atom is 0.318 e. The molecular formula is C10H19O6P. The fraction of sp³-hybridized carbons (Fsp3) is 0.800. The zero-order valence-corrected chi connectivity index (χ0v) is 10.9. The number of hydrogen-bond donors (Lipinski definition) is 3. The second-order valence-corrected chi connectivity index (χ2v) is 6.76. The van der Waals surface area contributed by atoms with Crippen LogP contribution in [-0.4, -0.2) is 39.9 Å². The maximum atomic E-state index is 11.3. The lowest BCUT2D eigenvalue weighted by Crippen LogP contribution is -2.33. The van der Waals surface area contributed by atoms with Crippen LogP contribution in [0.3, 0.4) is 0 Å². The number of aliphatic carboxylic acids is 2. The second kappa shape index (κ2) is 6.77. The maximum absolute atomic E-state index is 11.3. The van der Waals surface area contributed by atoms with Gasteiger partial charge in [0, 0.05) is 12.8 Å². The summed E-state index contributed by atoms with van der Waals surface area (Å²) >= 11 is 0. The van der Waals surface area contributed by atoms with Gasteiger partial charge in [-0.25, -0.2) is 0 Å². The number of carboxylic acid groups (broad SMARTS) is 2. The monoisotopic (exact) mass is 266 g/mol. The number of rotatable bonds is 8. The average molecular weight is 266 g/mol. The normalized spacial score (nSPS) is 16.5. The van der Waals surface area contributed by atoms with Gasteiger partial charge in [-0.3, -0.25) is 14.2 Å². The van der Waals surface area contributed by atoms with E-state index >= 15 is 0 Å². The third-order valence-electron chi connectivity index (χ3n) is 2.51. The zero-order valence-electron chi connectivity index (χ0n) is 10.00. The molecule has 0 spiro atoms. The van der Waals surface area contributed by atoms with Crippen LogP contribution >= 0.6 is 7.37 Å². The van der Waals surface area contributed by atoms with Crippen LogP contribution in [0, 0.1) is 11.8 Å². The van der Waals surface area contributed by atoms with Crippen molar-refractivity contribution in [2.45, 2.75) is 26.2 Å².